The molecule has 1 saturated heterocycles. The fourth-order valence-electron chi connectivity index (χ4n) is 3.54. The number of nitrogens with zero attached hydrogens (tertiary/aromatic N) is 3. The Labute approximate surface area is 168 Å². The smallest absolute Gasteiger partial charge is 0.255 e. The summed E-state index contributed by atoms with van der Waals surface area (Å²) in [6.07, 6.45) is 3.81. The summed E-state index contributed by atoms with van der Waals surface area (Å²) in [5.74, 6) is -0.0665. The van der Waals surface area contributed by atoms with Crippen LogP contribution in [-0.2, 0) is 16.1 Å². The van der Waals surface area contributed by atoms with Gasteiger partial charge in [-0.15, -0.1) is 0 Å². The summed E-state index contributed by atoms with van der Waals surface area (Å²) in [4.78, 5) is 46.6. The third-order valence-corrected chi connectivity index (χ3v) is 5.00. The van der Waals surface area contributed by atoms with Gasteiger partial charge in [0.05, 0.1) is 24.7 Å². The number of fused-ring (bicyclic) bond motifs is 1. The van der Waals surface area contributed by atoms with Crippen molar-refractivity contribution in [1.82, 2.24) is 20.2 Å². The van der Waals surface area contributed by atoms with Crippen molar-refractivity contribution in [2.75, 3.05) is 6.61 Å². The van der Waals surface area contributed by atoms with Crippen molar-refractivity contribution in [2.24, 2.45) is 5.92 Å². The fraction of sp³-hybridized carbons (Fsp3) is 0.381. The quantitative estimate of drug-likeness (QED) is 0.778. The first-order chi connectivity index (χ1) is 13.9. The number of carbonyl (C=O) groups excluding carboxylic acids is 3. The Balaban J connectivity index is 1.56. The van der Waals surface area contributed by atoms with Crippen LogP contribution in [-0.4, -0.2) is 45.2 Å². The number of hydrogen-bond acceptors (Lipinski definition) is 6. The van der Waals surface area contributed by atoms with Gasteiger partial charge in [0, 0.05) is 24.1 Å². The lowest BCUT2D eigenvalue weighted by molar-refractivity contribution is -0.136. The number of ether oxygens (including phenoxy) is 1. The Bertz CT molecular complexity index is 988. The number of hydrogen-bond donors (Lipinski definition) is 1. The molecule has 1 N–H and O–H groups in total. The van der Waals surface area contributed by atoms with Crippen LogP contribution >= 0.6 is 0 Å². The molecule has 0 radical (unpaired) electrons. The number of amides is 3. The van der Waals surface area contributed by atoms with E-state index in [4.69, 9.17) is 4.74 Å². The number of benzene rings is 1. The van der Waals surface area contributed by atoms with Gasteiger partial charge in [0.25, 0.3) is 5.91 Å². The largest absolute Gasteiger partial charge is 0.476 e. The first kappa shape index (κ1) is 19.0. The lowest BCUT2D eigenvalue weighted by Crippen LogP contribution is -2.52. The zero-order chi connectivity index (χ0) is 20.5. The molecule has 29 heavy (non-hydrogen) atoms. The minimum Gasteiger partial charge on any atom is -0.476 e. The molecule has 0 spiro atoms. The molecule has 1 unspecified atom stereocenters. The minimum absolute atomic E-state index is 0.193. The lowest BCUT2D eigenvalue weighted by atomic mass is 10.0. The molecule has 1 aromatic heterocycles. The van der Waals surface area contributed by atoms with Crippen molar-refractivity contribution in [3.63, 3.8) is 0 Å². The highest BCUT2D eigenvalue weighted by Crippen LogP contribution is 2.30. The molecule has 0 aliphatic carbocycles. The van der Waals surface area contributed by atoms with Gasteiger partial charge in [-0.05, 0) is 30.0 Å². The second-order valence-electron chi connectivity index (χ2n) is 7.72. The summed E-state index contributed by atoms with van der Waals surface area (Å²) < 4.78 is 5.65. The van der Waals surface area contributed by atoms with Crippen LogP contribution in [0.1, 0.15) is 42.6 Å². The highest BCUT2D eigenvalue weighted by Gasteiger charge is 2.39. The van der Waals surface area contributed by atoms with Gasteiger partial charge in [0.2, 0.25) is 17.7 Å². The van der Waals surface area contributed by atoms with Gasteiger partial charge in [-0.2, -0.15) is 0 Å². The van der Waals surface area contributed by atoms with E-state index in [1.165, 1.54) is 4.90 Å². The molecular formula is C21H22N4O4. The molecule has 2 aliphatic heterocycles. The molecule has 150 valence electrons. The topological polar surface area (TPSA) is 101 Å². The Morgan fingerprint density at radius 2 is 2.07 bits per heavy atom. The third kappa shape index (κ3) is 3.83. The van der Waals surface area contributed by atoms with E-state index in [2.05, 4.69) is 29.1 Å². The van der Waals surface area contributed by atoms with Crippen LogP contribution in [0, 0.1) is 5.92 Å². The van der Waals surface area contributed by atoms with E-state index < -0.39 is 11.9 Å². The van der Waals surface area contributed by atoms with Gasteiger partial charge in [-0.25, -0.2) is 4.98 Å². The predicted molar refractivity (Wildman–Crippen MR) is 104 cm³/mol. The molecule has 2 aromatic rings. The van der Waals surface area contributed by atoms with Gasteiger partial charge in [0.1, 0.15) is 6.04 Å². The maximum absolute atomic E-state index is 12.8. The van der Waals surface area contributed by atoms with Crippen LogP contribution in [0.4, 0.5) is 0 Å². The van der Waals surface area contributed by atoms with Crippen LogP contribution in [0.25, 0.3) is 11.3 Å². The average Bonchev–Trinajstić information content (AvgIpc) is 3.02. The minimum atomic E-state index is -0.622. The standard InChI is InChI=1S/C21H22N4O4/c1-12(2)11-29-19-9-22-8-16(23-19)13-3-4-15-14(7-13)10-25(21(15)28)17-5-6-18(26)24-20(17)27/h3-4,7-9,12,17H,5-6,10-11H2,1-2H3,(H,24,26,27). The van der Waals surface area contributed by atoms with Crippen molar-refractivity contribution >= 4 is 17.7 Å². The first-order valence-corrected chi connectivity index (χ1v) is 9.65. The molecule has 1 atom stereocenters. The van der Waals surface area contributed by atoms with Gasteiger partial charge in [-0.3, -0.25) is 24.7 Å². The zero-order valence-corrected chi connectivity index (χ0v) is 16.3. The Morgan fingerprint density at radius 1 is 1.24 bits per heavy atom. The Hall–Kier alpha value is -3.29. The Kier molecular flexibility index (Phi) is 5.00. The molecule has 0 bridgehead atoms. The average molecular weight is 394 g/mol. The number of carbonyl (C=O) groups is 3. The molecule has 8 heteroatoms. The summed E-state index contributed by atoms with van der Waals surface area (Å²) in [7, 11) is 0. The van der Waals surface area contributed by atoms with Crippen molar-refractivity contribution in [3.05, 3.63) is 41.7 Å². The highest BCUT2D eigenvalue weighted by atomic mass is 16.5. The molecule has 1 aromatic carbocycles. The maximum Gasteiger partial charge on any atom is 0.255 e. The van der Waals surface area contributed by atoms with Crippen LogP contribution in [0.5, 0.6) is 5.88 Å². The van der Waals surface area contributed by atoms with E-state index in [9.17, 15) is 14.4 Å². The summed E-state index contributed by atoms with van der Waals surface area (Å²) in [6, 6.07) is 4.85. The molecule has 0 saturated carbocycles. The monoisotopic (exact) mass is 394 g/mol. The number of nitrogens with one attached hydrogen (secondary N) is 1. The second-order valence-corrected chi connectivity index (χ2v) is 7.72. The zero-order valence-electron chi connectivity index (χ0n) is 16.3. The first-order valence-electron chi connectivity index (χ1n) is 9.65. The van der Waals surface area contributed by atoms with Crippen LogP contribution in [0.2, 0.25) is 0 Å². The van der Waals surface area contributed by atoms with Crippen LogP contribution < -0.4 is 10.1 Å². The summed E-state index contributed by atoms with van der Waals surface area (Å²) >= 11 is 0. The van der Waals surface area contributed by atoms with Gasteiger partial charge in [0.15, 0.2) is 0 Å². The van der Waals surface area contributed by atoms with E-state index in [1.54, 1.807) is 18.5 Å². The molecule has 3 amide bonds. The maximum atomic E-state index is 12.8. The predicted octanol–water partition coefficient (Wildman–Crippen LogP) is 1.94. The molecule has 2 aliphatic rings. The highest BCUT2D eigenvalue weighted by molar-refractivity contribution is 6.05. The van der Waals surface area contributed by atoms with Crippen molar-refractivity contribution in [2.45, 2.75) is 39.3 Å². The van der Waals surface area contributed by atoms with E-state index in [1.807, 2.05) is 12.1 Å². The van der Waals surface area contributed by atoms with Gasteiger partial charge in [-0.1, -0.05) is 19.9 Å². The van der Waals surface area contributed by atoms with E-state index in [-0.39, 0.29) is 18.2 Å². The molecule has 8 nitrogen and oxygen atoms in total. The van der Waals surface area contributed by atoms with Crippen LogP contribution in [0.3, 0.4) is 0 Å². The fourth-order valence-corrected chi connectivity index (χ4v) is 3.54. The summed E-state index contributed by atoms with van der Waals surface area (Å²) in [5.41, 5.74) is 2.87. The third-order valence-electron chi connectivity index (χ3n) is 5.00. The molecule has 4 rings (SSSR count). The van der Waals surface area contributed by atoms with Crippen molar-refractivity contribution in [1.29, 1.82) is 0 Å². The molecule has 3 heterocycles. The SMILES string of the molecule is CC(C)COc1cncc(-c2ccc3c(c2)CN(C2CCC(=O)NC2=O)C3=O)n1. The van der Waals surface area contributed by atoms with E-state index >= 15 is 0 Å². The second kappa shape index (κ2) is 7.62. The normalized spacial score (nSPS) is 18.8. The lowest BCUT2D eigenvalue weighted by Gasteiger charge is -2.29. The van der Waals surface area contributed by atoms with Crippen LogP contribution in [0.15, 0.2) is 30.6 Å². The summed E-state index contributed by atoms with van der Waals surface area (Å²) in [6.45, 7) is 5.00. The molecular weight excluding hydrogens is 372 g/mol. The number of piperidine rings is 1. The van der Waals surface area contributed by atoms with E-state index in [0.29, 0.717) is 42.6 Å². The van der Waals surface area contributed by atoms with Crippen molar-refractivity contribution in [3.8, 4) is 17.1 Å². The Morgan fingerprint density at radius 3 is 2.83 bits per heavy atom. The van der Waals surface area contributed by atoms with E-state index in [0.717, 1.165) is 11.1 Å². The summed E-state index contributed by atoms with van der Waals surface area (Å²) in [5, 5.41) is 2.31. The van der Waals surface area contributed by atoms with Gasteiger partial charge < -0.3 is 9.64 Å². The van der Waals surface area contributed by atoms with Gasteiger partial charge >= 0.3 is 0 Å². The number of imide groups is 1. The number of rotatable bonds is 5. The van der Waals surface area contributed by atoms with Crippen molar-refractivity contribution < 1.29 is 19.1 Å². The number of aromatic nitrogens is 2. The molecule has 1 fully saturated rings.